The first-order valence-electron chi connectivity index (χ1n) is 6.88. The minimum absolute atomic E-state index is 0.118. The van der Waals surface area contributed by atoms with Gasteiger partial charge in [0.2, 0.25) is 5.91 Å². The van der Waals surface area contributed by atoms with Crippen molar-refractivity contribution in [2.24, 2.45) is 17.6 Å². The second kappa shape index (κ2) is 7.84. The topological polar surface area (TPSA) is 130 Å². The summed E-state index contributed by atoms with van der Waals surface area (Å²) in [5, 5.41) is 20.1. The molecule has 114 valence electrons. The standard InChI is InChI=1S/C13H22N2O5/c14-10(5-6-11(16)17)12(18)15-7-8-1-3-9(4-2-8)13(19)20/h8-10H,1-7,14H2,(H,15,18)(H,16,17)(H,19,20)/t8-,9-,10-/m0/s1. The predicted molar refractivity (Wildman–Crippen MR) is 70.9 cm³/mol. The lowest BCUT2D eigenvalue weighted by Gasteiger charge is -2.26. The van der Waals surface area contributed by atoms with Gasteiger partial charge in [0.1, 0.15) is 0 Å². The fraction of sp³-hybridized carbons (Fsp3) is 0.769. The molecule has 1 amide bonds. The van der Waals surface area contributed by atoms with Gasteiger partial charge in [0.05, 0.1) is 12.0 Å². The van der Waals surface area contributed by atoms with Crippen LogP contribution in [0.2, 0.25) is 0 Å². The first-order valence-corrected chi connectivity index (χ1v) is 6.88. The molecule has 0 unspecified atom stereocenters. The maximum atomic E-state index is 11.6. The molecule has 1 atom stereocenters. The Labute approximate surface area is 117 Å². The number of rotatable bonds is 7. The molecule has 1 rings (SSSR count). The van der Waals surface area contributed by atoms with E-state index in [-0.39, 0.29) is 30.6 Å². The van der Waals surface area contributed by atoms with Gasteiger partial charge in [-0.2, -0.15) is 0 Å². The largest absolute Gasteiger partial charge is 0.481 e. The van der Waals surface area contributed by atoms with Crippen LogP contribution < -0.4 is 11.1 Å². The number of hydrogen-bond acceptors (Lipinski definition) is 4. The molecule has 20 heavy (non-hydrogen) atoms. The third kappa shape index (κ3) is 5.56. The quantitative estimate of drug-likeness (QED) is 0.528. The molecule has 0 aromatic carbocycles. The van der Waals surface area contributed by atoms with Crippen molar-refractivity contribution < 1.29 is 24.6 Å². The number of carbonyl (C=O) groups excluding carboxylic acids is 1. The monoisotopic (exact) mass is 286 g/mol. The highest BCUT2D eigenvalue weighted by Crippen LogP contribution is 2.28. The second-order valence-electron chi connectivity index (χ2n) is 5.34. The summed E-state index contributed by atoms with van der Waals surface area (Å²) in [5.74, 6) is -2.05. The summed E-state index contributed by atoms with van der Waals surface area (Å²) >= 11 is 0. The molecule has 1 aliphatic carbocycles. The molecule has 0 radical (unpaired) electrons. The Balaban J connectivity index is 2.21. The molecule has 0 spiro atoms. The maximum Gasteiger partial charge on any atom is 0.306 e. The van der Waals surface area contributed by atoms with Crippen LogP contribution in [0.3, 0.4) is 0 Å². The van der Waals surface area contributed by atoms with Gasteiger partial charge in [-0.1, -0.05) is 0 Å². The highest BCUT2D eigenvalue weighted by atomic mass is 16.4. The maximum absolute atomic E-state index is 11.6. The Bertz CT molecular complexity index is 364. The van der Waals surface area contributed by atoms with Gasteiger partial charge in [-0.05, 0) is 38.0 Å². The van der Waals surface area contributed by atoms with E-state index in [1.165, 1.54) is 0 Å². The molecule has 1 fully saturated rings. The number of carbonyl (C=O) groups is 3. The zero-order valence-electron chi connectivity index (χ0n) is 11.4. The zero-order valence-corrected chi connectivity index (χ0v) is 11.4. The van der Waals surface area contributed by atoms with Crippen molar-refractivity contribution in [1.82, 2.24) is 5.32 Å². The van der Waals surface area contributed by atoms with Crippen molar-refractivity contribution in [3.63, 3.8) is 0 Å². The third-order valence-electron chi connectivity index (χ3n) is 3.77. The first-order chi connectivity index (χ1) is 9.40. The van der Waals surface area contributed by atoms with E-state index in [4.69, 9.17) is 15.9 Å². The highest BCUT2D eigenvalue weighted by molar-refractivity contribution is 5.82. The van der Waals surface area contributed by atoms with E-state index in [1.807, 2.05) is 0 Å². The van der Waals surface area contributed by atoms with Crippen molar-refractivity contribution in [3.8, 4) is 0 Å². The van der Waals surface area contributed by atoms with Gasteiger partial charge in [-0.3, -0.25) is 14.4 Å². The SMILES string of the molecule is N[C@@H](CCC(=O)O)C(=O)NC[C@H]1CC[C@H](C(=O)O)CC1. The summed E-state index contributed by atoms with van der Waals surface area (Å²) in [6.45, 7) is 0.478. The van der Waals surface area contributed by atoms with Crippen LogP contribution in [-0.4, -0.2) is 40.6 Å². The van der Waals surface area contributed by atoms with E-state index >= 15 is 0 Å². The summed E-state index contributed by atoms with van der Waals surface area (Å²) in [4.78, 5) is 32.8. The van der Waals surface area contributed by atoms with E-state index in [0.29, 0.717) is 19.4 Å². The molecule has 0 aliphatic heterocycles. The summed E-state index contributed by atoms with van der Waals surface area (Å²) in [5.41, 5.74) is 5.59. The van der Waals surface area contributed by atoms with E-state index in [9.17, 15) is 14.4 Å². The molecule has 0 saturated heterocycles. The molecule has 1 saturated carbocycles. The van der Waals surface area contributed by atoms with Gasteiger partial charge >= 0.3 is 11.9 Å². The molecular weight excluding hydrogens is 264 g/mol. The molecule has 7 nitrogen and oxygen atoms in total. The number of carboxylic acid groups (broad SMARTS) is 2. The summed E-state index contributed by atoms with van der Waals surface area (Å²) in [7, 11) is 0. The molecule has 0 aromatic rings. The van der Waals surface area contributed by atoms with Crippen LogP contribution in [0.1, 0.15) is 38.5 Å². The highest BCUT2D eigenvalue weighted by Gasteiger charge is 2.26. The molecule has 0 heterocycles. The Morgan fingerprint density at radius 3 is 2.25 bits per heavy atom. The first kappa shape index (κ1) is 16.4. The van der Waals surface area contributed by atoms with E-state index in [1.54, 1.807) is 0 Å². The Hall–Kier alpha value is -1.63. The summed E-state index contributed by atoms with van der Waals surface area (Å²) in [6.07, 6.45) is 2.83. The summed E-state index contributed by atoms with van der Waals surface area (Å²) in [6, 6.07) is -0.804. The minimum atomic E-state index is -0.972. The average Bonchev–Trinajstić information content (AvgIpc) is 2.42. The number of nitrogens with one attached hydrogen (secondary N) is 1. The smallest absolute Gasteiger partial charge is 0.306 e. The van der Waals surface area contributed by atoms with Crippen LogP contribution >= 0.6 is 0 Å². The third-order valence-corrected chi connectivity index (χ3v) is 3.77. The predicted octanol–water partition coefficient (Wildman–Crippen LogP) is 0.186. The Morgan fingerprint density at radius 1 is 1.15 bits per heavy atom. The van der Waals surface area contributed by atoms with Crippen molar-refractivity contribution in [3.05, 3.63) is 0 Å². The Kier molecular flexibility index (Phi) is 6.44. The van der Waals surface area contributed by atoms with Crippen LogP contribution in [0.5, 0.6) is 0 Å². The van der Waals surface area contributed by atoms with E-state index in [2.05, 4.69) is 5.32 Å². The van der Waals surface area contributed by atoms with Crippen molar-refractivity contribution in [1.29, 1.82) is 0 Å². The Morgan fingerprint density at radius 2 is 1.75 bits per heavy atom. The number of amides is 1. The zero-order chi connectivity index (χ0) is 15.1. The van der Waals surface area contributed by atoms with E-state index < -0.39 is 18.0 Å². The molecular formula is C13H22N2O5. The second-order valence-corrected chi connectivity index (χ2v) is 5.34. The lowest BCUT2D eigenvalue weighted by atomic mass is 9.82. The fourth-order valence-electron chi connectivity index (χ4n) is 2.40. The van der Waals surface area contributed by atoms with Crippen molar-refractivity contribution >= 4 is 17.8 Å². The summed E-state index contributed by atoms with van der Waals surface area (Å²) < 4.78 is 0. The average molecular weight is 286 g/mol. The molecule has 5 N–H and O–H groups in total. The van der Waals surface area contributed by atoms with Gasteiger partial charge in [0.25, 0.3) is 0 Å². The number of carboxylic acids is 2. The van der Waals surface area contributed by atoms with Crippen LogP contribution in [0.25, 0.3) is 0 Å². The van der Waals surface area contributed by atoms with Crippen LogP contribution in [0.4, 0.5) is 0 Å². The van der Waals surface area contributed by atoms with Crippen LogP contribution in [-0.2, 0) is 14.4 Å². The molecule has 7 heteroatoms. The number of hydrogen-bond donors (Lipinski definition) is 4. The van der Waals surface area contributed by atoms with Gasteiger partial charge < -0.3 is 21.3 Å². The molecule has 0 bridgehead atoms. The van der Waals surface area contributed by atoms with E-state index in [0.717, 1.165) is 12.8 Å². The van der Waals surface area contributed by atoms with Gasteiger partial charge in [-0.15, -0.1) is 0 Å². The van der Waals surface area contributed by atoms with Crippen molar-refractivity contribution in [2.75, 3.05) is 6.54 Å². The number of nitrogens with two attached hydrogens (primary N) is 1. The normalized spacial score (nSPS) is 23.9. The molecule has 0 aromatic heterocycles. The lowest BCUT2D eigenvalue weighted by molar-refractivity contribution is -0.143. The van der Waals surface area contributed by atoms with Gasteiger partial charge in [0, 0.05) is 13.0 Å². The molecule has 1 aliphatic rings. The van der Waals surface area contributed by atoms with Crippen LogP contribution in [0, 0.1) is 11.8 Å². The number of aliphatic carboxylic acids is 2. The minimum Gasteiger partial charge on any atom is -0.481 e. The van der Waals surface area contributed by atoms with Crippen LogP contribution in [0.15, 0.2) is 0 Å². The van der Waals surface area contributed by atoms with Gasteiger partial charge in [0.15, 0.2) is 0 Å². The fourth-order valence-corrected chi connectivity index (χ4v) is 2.40. The van der Waals surface area contributed by atoms with Gasteiger partial charge in [-0.25, -0.2) is 0 Å². The van der Waals surface area contributed by atoms with Crippen molar-refractivity contribution in [2.45, 2.75) is 44.6 Å². The lowest BCUT2D eigenvalue weighted by Crippen LogP contribution is -2.43.